The summed E-state index contributed by atoms with van der Waals surface area (Å²) in [5.74, 6) is -1.05. The first-order chi connectivity index (χ1) is 7.16. The van der Waals surface area contributed by atoms with Gasteiger partial charge in [0.25, 0.3) is 5.91 Å². The van der Waals surface area contributed by atoms with Gasteiger partial charge in [0.05, 0.1) is 0 Å². The number of halogens is 3. The van der Waals surface area contributed by atoms with E-state index in [0.717, 1.165) is 0 Å². The Morgan fingerprint density at radius 2 is 1.62 bits per heavy atom. The summed E-state index contributed by atoms with van der Waals surface area (Å²) in [5, 5.41) is 0. The van der Waals surface area contributed by atoms with Crippen molar-refractivity contribution in [3.05, 3.63) is 0 Å². The Labute approximate surface area is 92.2 Å². The van der Waals surface area contributed by atoms with Gasteiger partial charge in [0.15, 0.2) is 5.54 Å². The maximum Gasteiger partial charge on any atom is 0.415 e. The second kappa shape index (κ2) is 4.21. The van der Waals surface area contributed by atoms with Crippen LogP contribution in [0.15, 0.2) is 0 Å². The van der Waals surface area contributed by atoms with Crippen molar-refractivity contribution in [3.8, 4) is 0 Å². The molecule has 0 aromatic heterocycles. The van der Waals surface area contributed by atoms with Crippen LogP contribution in [0.2, 0.25) is 0 Å². The molecular weight excluding hydrogens is 223 g/mol. The van der Waals surface area contributed by atoms with Gasteiger partial charge in [-0.2, -0.15) is 13.2 Å². The molecule has 1 heterocycles. The summed E-state index contributed by atoms with van der Waals surface area (Å²) in [6.07, 6.45) is -4.71. The molecule has 0 aliphatic carbocycles. The molecule has 1 amide bonds. The third-order valence-electron chi connectivity index (χ3n) is 2.82. The van der Waals surface area contributed by atoms with E-state index in [0.29, 0.717) is 20.0 Å². The molecule has 1 aliphatic heterocycles. The fourth-order valence-electron chi connectivity index (χ4n) is 1.46. The predicted octanol–water partition coefficient (Wildman–Crippen LogP) is 0.0401. The summed E-state index contributed by atoms with van der Waals surface area (Å²) in [5.41, 5.74) is 2.28. The van der Waals surface area contributed by atoms with Crippen LogP contribution in [0.4, 0.5) is 13.2 Å². The van der Waals surface area contributed by atoms with Crippen molar-refractivity contribution < 1.29 is 18.0 Å². The zero-order valence-electron chi connectivity index (χ0n) is 9.34. The average Bonchev–Trinajstić information content (AvgIpc) is 2.16. The molecule has 1 aliphatic rings. The maximum atomic E-state index is 12.5. The van der Waals surface area contributed by atoms with Crippen LogP contribution in [0.1, 0.15) is 6.92 Å². The number of piperazine rings is 1. The van der Waals surface area contributed by atoms with Crippen molar-refractivity contribution in [1.29, 1.82) is 0 Å². The second-order valence-electron chi connectivity index (χ2n) is 4.30. The molecule has 94 valence electrons. The van der Waals surface area contributed by atoms with Gasteiger partial charge in [0, 0.05) is 26.2 Å². The van der Waals surface area contributed by atoms with Crippen molar-refractivity contribution in [2.75, 3.05) is 33.2 Å². The molecule has 0 spiro atoms. The van der Waals surface area contributed by atoms with E-state index in [2.05, 4.69) is 0 Å². The van der Waals surface area contributed by atoms with Gasteiger partial charge in [-0.15, -0.1) is 0 Å². The number of hydrogen-bond acceptors (Lipinski definition) is 3. The highest BCUT2D eigenvalue weighted by molar-refractivity contribution is 5.86. The van der Waals surface area contributed by atoms with Gasteiger partial charge in [-0.25, -0.2) is 0 Å². The number of rotatable bonds is 1. The molecule has 0 saturated carbocycles. The van der Waals surface area contributed by atoms with Gasteiger partial charge in [-0.3, -0.25) is 4.79 Å². The molecule has 4 nitrogen and oxygen atoms in total. The third kappa shape index (κ3) is 2.46. The van der Waals surface area contributed by atoms with Crippen LogP contribution in [-0.2, 0) is 4.79 Å². The predicted molar refractivity (Wildman–Crippen MR) is 52.7 cm³/mol. The van der Waals surface area contributed by atoms with E-state index >= 15 is 0 Å². The quantitative estimate of drug-likeness (QED) is 0.703. The molecule has 16 heavy (non-hydrogen) atoms. The first-order valence-corrected chi connectivity index (χ1v) is 5.00. The van der Waals surface area contributed by atoms with Crippen LogP contribution in [0.5, 0.6) is 0 Å². The summed E-state index contributed by atoms with van der Waals surface area (Å²) in [4.78, 5) is 14.8. The minimum atomic E-state index is -4.71. The maximum absolute atomic E-state index is 12.5. The van der Waals surface area contributed by atoms with Gasteiger partial charge in [0.1, 0.15) is 0 Å². The average molecular weight is 239 g/mol. The Hall–Kier alpha value is -0.820. The minimum absolute atomic E-state index is 0.290. The van der Waals surface area contributed by atoms with Crippen LogP contribution in [-0.4, -0.2) is 60.6 Å². The van der Waals surface area contributed by atoms with E-state index in [1.807, 2.05) is 11.9 Å². The van der Waals surface area contributed by atoms with E-state index in [1.54, 1.807) is 0 Å². The Morgan fingerprint density at radius 3 is 2.00 bits per heavy atom. The first kappa shape index (κ1) is 13.2. The van der Waals surface area contributed by atoms with E-state index in [9.17, 15) is 18.0 Å². The second-order valence-corrected chi connectivity index (χ2v) is 4.30. The molecule has 1 rings (SSSR count). The molecule has 0 radical (unpaired) electrons. The highest BCUT2D eigenvalue weighted by Gasteiger charge is 2.55. The monoisotopic (exact) mass is 239 g/mol. The number of nitrogens with zero attached hydrogens (tertiary/aromatic N) is 2. The molecule has 1 fully saturated rings. The highest BCUT2D eigenvalue weighted by atomic mass is 19.4. The summed E-state index contributed by atoms with van der Waals surface area (Å²) in [6.45, 7) is 2.43. The van der Waals surface area contributed by atoms with Crippen LogP contribution in [0.3, 0.4) is 0 Å². The number of amides is 1. The normalized spacial score (nSPS) is 23.0. The zero-order chi connectivity index (χ0) is 12.6. The Morgan fingerprint density at radius 1 is 1.19 bits per heavy atom. The highest BCUT2D eigenvalue weighted by Crippen LogP contribution is 2.29. The lowest BCUT2D eigenvalue weighted by molar-refractivity contribution is -0.194. The molecule has 1 unspecified atom stereocenters. The number of likely N-dealkylation sites (N-methyl/N-ethyl adjacent to an activating group) is 1. The van der Waals surface area contributed by atoms with Gasteiger partial charge < -0.3 is 15.5 Å². The summed E-state index contributed by atoms with van der Waals surface area (Å²) in [6, 6.07) is 0. The number of alkyl halides is 3. The summed E-state index contributed by atoms with van der Waals surface area (Å²) in [7, 11) is 1.85. The lowest BCUT2D eigenvalue weighted by Gasteiger charge is -2.37. The van der Waals surface area contributed by atoms with Gasteiger partial charge in [0.2, 0.25) is 0 Å². The zero-order valence-corrected chi connectivity index (χ0v) is 9.34. The van der Waals surface area contributed by atoms with Gasteiger partial charge in [-0.05, 0) is 14.0 Å². The fourth-order valence-corrected chi connectivity index (χ4v) is 1.46. The molecule has 2 N–H and O–H groups in total. The van der Waals surface area contributed by atoms with Gasteiger partial charge >= 0.3 is 6.18 Å². The van der Waals surface area contributed by atoms with E-state index in [4.69, 9.17) is 5.73 Å². The Kier molecular flexibility index (Phi) is 3.49. The van der Waals surface area contributed by atoms with E-state index in [-0.39, 0.29) is 13.1 Å². The van der Waals surface area contributed by atoms with Crippen LogP contribution >= 0.6 is 0 Å². The smallest absolute Gasteiger partial charge is 0.338 e. The molecule has 7 heteroatoms. The standard InChI is InChI=1S/C9H16F3N3O/c1-8(13,9(10,11)12)7(16)15-5-3-14(2)4-6-15/h3-6,13H2,1-2H3. The number of carbonyl (C=O) groups excluding carboxylic acids is 1. The van der Waals surface area contributed by atoms with E-state index < -0.39 is 17.6 Å². The first-order valence-electron chi connectivity index (χ1n) is 5.00. The fraction of sp³-hybridized carbons (Fsp3) is 0.889. The summed E-state index contributed by atoms with van der Waals surface area (Å²) < 4.78 is 37.6. The number of carbonyl (C=O) groups is 1. The molecule has 0 aromatic carbocycles. The van der Waals surface area contributed by atoms with Crippen molar-refractivity contribution in [2.24, 2.45) is 5.73 Å². The Balaban J connectivity index is 2.71. The van der Waals surface area contributed by atoms with Crippen LogP contribution in [0.25, 0.3) is 0 Å². The SMILES string of the molecule is CN1CCN(C(=O)C(C)(N)C(F)(F)F)CC1. The molecule has 1 atom stereocenters. The van der Waals surface area contributed by atoms with Crippen molar-refractivity contribution >= 4 is 5.91 Å². The van der Waals surface area contributed by atoms with Crippen molar-refractivity contribution in [2.45, 2.75) is 18.6 Å². The molecule has 0 aromatic rings. The van der Waals surface area contributed by atoms with Gasteiger partial charge in [-0.1, -0.05) is 0 Å². The largest absolute Gasteiger partial charge is 0.415 e. The Bertz CT molecular complexity index is 270. The third-order valence-corrected chi connectivity index (χ3v) is 2.82. The van der Waals surface area contributed by atoms with Crippen molar-refractivity contribution in [1.82, 2.24) is 9.80 Å². The van der Waals surface area contributed by atoms with Crippen molar-refractivity contribution in [3.63, 3.8) is 0 Å². The molecule has 0 bridgehead atoms. The lowest BCUT2D eigenvalue weighted by Crippen LogP contribution is -2.64. The lowest BCUT2D eigenvalue weighted by atomic mass is 10.0. The van der Waals surface area contributed by atoms with Crippen LogP contribution < -0.4 is 5.73 Å². The molecule has 1 saturated heterocycles. The summed E-state index contributed by atoms with van der Waals surface area (Å²) >= 11 is 0. The number of hydrogen-bond donors (Lipinski definition) is 1. The van der Waals surface area contributed by atoms with E-state index in [1.165, 1.54) is 4.90 Å². The minimum Gasteiger partial charge on any atom is -0.338 e. The topological polar surface area (TPSA) is 49.6 Å². The molecular formula is C9H16F3N3O. The van der Waals surface area contributed by atoms with Crippen LogP contribution in [0, 0.1) is 0 Å². The number of nitrogens with two attached hydrogens (primary N) is 1.